The van der Waals surface area contributed by atoms with Crippen molar-refractivity contribution in [3.63, 3.8) is 0 Å². The van der Waals surface area contributed by atoms with Crippen molar-refractivity contribution >= 4 is 31.6 Å². The number of halogens is 1. The molecule has 3 heterocycles. The summed E-state index contributed by atoms with van der Waals surface area (Å²) < 4.78 is 45.9. The quantitative estimate of drug-likeness (QED) is 0.551. The van der Waals surface area contributed by atoms with Crippen molar-refractivity contribution in [3.05, 3.63) is 53.8 Å². The zero-order valence-electron chi connectivity index (χ0n) is 17.8. The second-order valence-electron chi connectivity index (χ2n) is 8.77. The van der Waals surface area contributed by atoms with Gasteiger partial charge in [0.15, 0.2) is 0 Å². The predicted molar refractivity (Wildman–Crippen MR) is 124 cm³/mol. The van der Waals surface area contributed by atoms with Crippen LogP contribution in [0.2, 0.25) is 0 Å². The predicted octanol–water partition coefficient (Wildman–Crippen LogP) is 4.31. The van der Waals surface area contributed by atoms with Crippen molar-refractivity contribution < 1.29 is 17.5 Å². The number of rotatable bonds is 7. The number of thiazole rings is 1. The minimum absolute atomic E-state index is 0.0641. The van der Waals surface area contributed by atoms with Crippen LogP contribution in [0.3, 0.4) is 0 Å². The van der Waals surface area contributed by atoms with E-state index in [-0.39, 0.29) is 11.9 Å². The average Bonchev–Trinajstić information content (AvgIpc) is 3.22. The van der Waals surface area contributed by atoms with Gasteiger partial charge in [-0.05, 0) is 68.0 Å². The maximum Gasteiger partial charge on any atom is 0.279 e. The van der Waals surface area contributed by atoms with Crippen LogP contribution in [0.25, 0.3) is 10.2 Å². The summed E-state index contributed by atoms with van der Waals surface area (Å²) in [5.74, 6) is 0.433. The number of hydrogen-bond donors (Lipinski definition) is 1. The number of fused-ring (bicyclic) bond motifs is 3. The fraction of sp³-hybridized carbons (Fsp3) is 0.435. The molecule has 2 fully saturated rings. The Morgan fingerprint density at radius 2 is 1.88 bits per heavy atom. The summed E-state index contributed by atoms with van der Waals surface area (Å²) in [4.78, 5) is 6.96. The summed E-state index contributed by atoms with van der Waals surface area (Å²) in [6, 6.07) is 13.5. The Hall–Kier alpha value is -2.07. The molecular weight excluding hydrogens is 449 g/mol. The highest BCUT2D eigenvalue weighted by Crippen LogP contribution is 2.36. The molecule has 1 N–H and O–H groups in total. The number of aromatic nitrogens is 1. The van der Waals surface area contributed by atoms with Crippen molar-refractivity contribution in [2.24, 2.45) is 0 Å². The summed E-state index contributed by atoms with van der Waals surface area (Å²) >= 11 is 1.33. The van der Waals surface area contributed by atoms with Gasteiger partial charge in [0.1, 0.15) is 11.6 Å². The highest BCUT2D eigenvalue weighted by Gasteiger charge is 2.40. The van der Waals surface area contributed by atoms with Gasteiger partial charge in [-0.2, -0.15) is 0 Å². The summed E-state index contributed by atoms with van der Waals surface area (Å²) in [5, 5.41) is 0.500. The van der Waals surface area contributed by atoms with Crippen LogP contribution >= 0.6 is 11.3 Å². The van der Waals surface area contributed by atoms with Gasteiger partial charge in [-0.25, -0.2) is 22.5 Å². The lowest BCUT2D eigenvalue weighted by molar-refractivity contribution is 0.125. The maximum absolute atomic E-state index is 13.4. The second kappa shape index (κ2) is 8.70. The van der Waals surface area contributed by atoms with E-state index in [1.165, 1.54) is 35.3 Å². The molecular formula is C23H26FN3O3S2. The Kier molecular flexibility index (Phi) is 5.92. The van der Waals surface area contributed by atoms with Crippen molar-refractivity contribution in [1.82, 2.24) is 14.6 Å². The first-order valence-corrected chi connectivity index (χ1v) is 13.6. The molecule has 3 aromatic rings. The monoisotopic (exact) mass is 475 g/mol. The van der Waals surface area contributed by atoms with E-state index in [1.54, 1.807) is 6.07 Å². The van der Waals surface area contributed by atoms with Gasteiger partial charge in [-0.15, -0.1) is 0 Å². The van der Waals surface area contributed by atoms with E-state index < -0.39 is 10.0 Å². The van der Waals surface area contributed by atoms with Crippen LogP contribution in [-0.2, 0) is 16.4 Å². The van der Waals surface area contributed by atoms with Gasteiger partial charge in [0.2, 0.25) is 10.0 Å². The molecule has 0 aliphatic carbocycles. The molecule has 0 amide bonds. The van der Waals surface area contributed by atoms with Gasteiger partial charge in [0.25, 0.3) is 5.19 Å². The number of hydrogen-bond acceptors (Lipinski definition) is 6. The molecule has 32 heavy (non-hydrogen) atoms. The van der Waals surface area contributed by atoms with E-state index >= 15 is 0 Å². The summed E-state index contributed by atoms with van der Waals surface area (Å²) in [5.41, 5.74) is 1.97. The molecule has 2 atom stereocenters. The molecule has 6 nitrogen and oxygen atoms in total. The van der Waals surface area contributed by atoms with E-state index in [0.29, 0.717) is 23.0 Å². The van der Waals surface area contributed by atoms with Gasteiger partial charge in [-0.3, -0.25) is 4.90 Å². The molecule has 0 spiro atoms. The molecule has 5 rings (SSSR count). The van der Waals surface area contributed by atoms with Crippen molar-refractivity contribution in [2.75, 3.05) is 12.8 Å². The Morgan fingerprint density at radius 1 is 1.16 bits per heavy atom. The first-order valence-electron chi connectivity index (χ1n) is 10.9. The lowest BCUT2D eigenvalue weighted by atomic mass is 9.97. The topological polar surface area (TPSA) is 71.5 Å². The maximum atomic E-state index is 13.4. The number of piperidine rings is 1. The minimum atomic E-state index is -3.15. The zero-order chi connectivity index (χ0) is 22.3. The third kappa shape index (κ3) is 4.96. The number of nitrogens with zero attached hydrogens (tertiary/aromatic N) is 2. The van der Waals surface area contributed by atoms with Crippen LogP contribution < -0.4 is 9.46 Å². The molecule has 0 unspecified atom stereocenters. The van der Waals surface area contributed by atoms with Crippen molar-refractivity contribution in [3.8, 4) is 10.9 Å². The lowest BCUT2D eigenvalue weighted by Gasteiger charge is -2.39. The Bertz CT molecular complexity index is 1200. The normalized spacial score (nSPS) is 23.6. The molecule has 1 aromatic heterocycles. The van der Waals surface area contributed by atoms with Crippen LogP contribution in [0.4, 0.5) is 4.39 Å². The van der Waals surface area contributed by atoms with Gasteiger partial charge < -0.3 is 4.74 Å². The number of nitrogens with one attached hydrogen (secondary N) is 1. The number of ether oxygens (including phenoxy) is 1. The smallest absolute Gasteiger partial charge is 0.279 e. The van der Waals surface area contributed by atoms with Crippen LogP contribution in [0.1, 0.15) is 31.2 Å². The fourth-order valence-electron chi connectivity index (χ4n) is 5.04. The highest BCUT2D eigenvalue weighted by atomic mass is 32.2. The Balaban J connectivity index is 1.17. The molecule has 2 aliphatic rings. The first kappa shape index (κ1) is 21.8. The minimum Gasteiger partial charge on any atom is -0.431 e. The first-order chi connectivity index (χ1) is 15.3. The summed E-state index contributed by atoms with van der Waals surface area (Å²) in [6.07, 6.45) is 6.25. The molecule has 0 radical (unpaired) electrons. The SMILES string of the molecule is CS(=O)(=O)NC1C[C@H]2CC[C@H](C1)N2CCc1ccc(Oc2nc3ccc(F)cc3s2)cc1. The van der Waals surface area contributed by atoms with E-state index in [9.17, 15) is 12.8 Å². The Labute approximate surface area is 191 Å². The summed E-state index contributed by atoms with van der Waals surface area (Å²) in [6.45, 7) is 0.977. The molecule has 2 saturated heterocycles. The Morgan fingerprint density at radius 3 is 2.56 bits per heavy atom. The largest absolute Gasteiger partial charge is 0.431 e. The van der Waals surface area contributed by atoms with Crippen LogP contribution in [0.15, 0.2) is 42.5 Å². The second-order valence-corrected chi connectivity index (χ2v) is 11.5. The molecule has 0 saturated carbocycles. The van der Waals surface area contributed by atoms with Gasteiger partial charge in [0, 0.05) is 24.7 Å². The molecule has 2 aromatic carbocycles. The van der Waals surface area contributed by atoms with Gasteiger partial charge >= 0.3 is 0 Å². The van der Waals surface area contributed by atoms with Crippen molar-refractivity contribution in [1.29, 1.82) is 0 Å². The third-order valence-corrected chi connectivity index (χ3v) is 8.04. The van der Waals surface area contributed by atoms with Gasteiger partial charge in [0.05, 0.1) is 16.5 Å². The van der Waals surface area contributed by atoms with Gasteiger partial charge in [-0.1, -0.05) is 23.5 Å². The molecule has 170 valence electrons. The highest BCUT2D eigenvalue weighted by molar-refractivity contribution is 7.88. The van der Waals surface area contributed by atoms with Crippen LogP contribution in [-0.4, -0.2) is 49.2 Å². The number of sulfonamides is 1. The molecule has 2 aliphatic heterocycles. The standard InChI is InChI=1S/C23H26FN3O3S2/c1-32(28,29)26-17-13-18-5-6-19(14-17)27(18)11-10-15-2-7-20(8-3-15)30-23-25-21-9-4-16(24)12-22(21)31-23/h2-4,7-9,12,17-19,26H,5-6,10-11,13-14H2,1H3/t18-,19-/m1/s1. The molecule has 2 bridgehead atoms. The van der Waals surface area contributed by atoms with E-state index in [2.05, 4.69) is 26.7 Å². The third-order valence-electron chi connectivity index (χ3n) is 6.38. The molecule has 9 heteroatoms. The van der Waals surface area contributed by atoms with Crippen LogP contribution in [0.5, 0.6) is 10.9 Å². The van der Waals surface area contributed by atoms with Crippen LogP contribution in [0, 0.1) is 5.82 Å². The van der Waals surface area contributed by atoms with Crippen molar-refractivity contribution in [2.45, 2.75) is 50.2 Å². The van der Waals surface area contributed by atoms with E-state index in [1.807, 2.05) is 12.1 Å². The average molecular weight is 476 g/mol. The fourth-order valence-corrected chi connectivity index (χ4v) is 6.70. The van der Waals surface area contributed by atoms with E-state index in [4.69, 9.17) is 4.74 Å². The number of benzene rings is 2. The van der Waals surface area contributed by atoms with E-state index in [0.717, 1.165) is 48.9 Å². The lowest BCUT2D eigenvalue weighted by Crippen LogP contribution is -2.50. The zero-order valence-corrected chi connectivity index (χ0v) is 19.5. The summed E-state index contributed by atoms with van der Waals surface area (Å²) in [7, 11) is -3.15.